The molecule has 0 fully saturated rings. The zero-order valence-electron chi connectivity index (χ0n) is 25.0. The molecule has 1 N–H and O–H groups in total. The first-order valence-corrected chi connectivity index (χ1v) is 16.5. The van der Waals surface area contributed by atoms with Crippen molar-refractivity contribution in [1.82, 2.24) is 10.2 Å². The van der Waals surface area contributed by atoms with Gasteiger partial charge in [0.05, 0.1) is 15.5 Å². The highest BCUT2D eigenvalue weighted by Crippen LogP contribution is 2.30. The third kappa shape index (κ3) is 8.42. The zero-order chi connectivity index (χ0) is 33.4. The molecule has 0 spiro atoms. The summed E-state index contributed by atoms with van der Waals surface area (Å²) in [5, 5.41) is 15.0. The Kier molecular flexibility index (Phi) is 11.4. The summed E-state index contributed by atoms with van der Waals surface area (Å²) in [5.41, 5.74) is 0.647. The van der Waals surface area contributed by atoms with Crippen LogP contribution in [0, 0.1) is 10.1 Å². The number of rotatable bonds is 13. The smallest absolute Gasteiger partial charge is 0.271 e. The Morgan fingerprint density at radius 3 is 2.04 bits per heavy atom. The van der Waals surface area contributed by atoms with Crippen molar-refractivity contribution in [2.45, 2.75) is 43.8 Å². The van der Waals surface area contributed by atoms with Crippen LogP contribution in [-0.2, 0) is 32.6 Å². The molecule has 0 radical (unpaired) electrons. The van der Waals surface area contributed by atoms with Crippen molar-refractivity contribution in [3.63, 3.8) is 0 Å². The van der Waals surface area contributed by atoms with E-state index in [1.807, 2.05) is 18.2 Å². The Morgan fingerprint density at radius 1 is 0.870 bits per heavy atom. The monoisotopic (exact) mass is 682 g/mol. The molecule has 0 aliphatic carbocycles. The molecule has 0 saturated heterocycles. The fourth-order valence-electron chi connectivity index (χ4n) is 4.80. The maximum absolute atomic E-state index is 14.5. The van der Waals surface area contributed by atoms with E-state index in [0.29, 0.717) is 5.56 Å². The van der Waals surface area contributed by atoms with Gasteiger partial charge in [0, 0.05) is 46.7 Å². The minimum Gasteiger partial charge on any atom is -0.352 e. The number of hydrogen-bond donors (Lipinski definition) is 1. The van der Waals surface area contributed by atoms with Crippen molar-refractivity contribution >= 4 is 56.4 Å². The second kappa shape index (κ2) is 15.2. The second-order valence-corrected chi connectivity index (χ2v) is 13.4. The van der Waals surface area contributed by atoms with Crippen LogP contribution in [-0.4, -0.2) is 48.7 Å². The van der Waals surface area contributed by atoms with Crippen molar-refractivity contribution < 1.29 is 22.9 Å². The van der Waals surface area contributed by atoms with Crippen LogP contribution < -0.4 is 9.62 Å². The molecule has 4 aromatic carbocycles. The van der Waals surface area contributed by atoms with Crippen molar-refractivity contribution in [2.24, 2.45) is 0 Å². The number of carbonyl (C=O) groups is 2. The SMILES string of the molecule is CC(C)NC(=O)[C@@H](Cc1ccccc1)N(Cc1c(Cl)cccc1Cl)C(=O)CN(c1cccc([N+](=O)[O-])c1)S(=O)(=O)c1ccccc1. The van der Waals surface area contributed by atoms with Crippen LogP contribution in [0.5, 0.6) is 0 Å². The molecule has 10 nitrogen and oxygen atoms in total. The molecule has 0 aliphatic heterocycles. The predicted molar refractivity (Wildman–Crippen MR) is 178 cm³/mol. The first kappa shape index (κ1) is 34.4. The summed E-state index contributed by atoms with van der Waals surface area (Å²) in [7, 11) is -4.43. The van der Waals surface area contributed by atoms with E-state index in [-0.39, 0.29) is 45.3 Å². The average molecular weight is 684 g/mol. The van der Waals surface area contributed by atoms with Crippen molar-refractivity contribution in [3.05, 3.63) is 134 Å². The summed E-state index contributed by atoms with van der Waals surface area (Å²) in [4.78, 5) is 40.3. The van der Waals surface area contributed by atoms with E-state index in [9.17, 15) is 28.1 Å². The van der Waals surface area contributed by atoms with Gasteiger partial charge in [-0.15, -0.1) is 0 Å². The molecule has 0 unspecified atom stereocenters. The van der Waals surface area contributed by atoms with Crippen LogP contribution in [0.1, 0.15) is 25.0 Å². The molecule has 0 aliphatic rings. The van der Waals surface area contributed by atoms with Gasteiger partial charge < -0.3 is 10.2 Å². The predicted octanol–water partition coefficient (Wildman–Crippen LogP) is 6.26. The first-order valence-electron chi connectivity index (χ1n) is 14.3. The van der Waals surface area contributed by atoms with Gasteiger partial charge in [-0.05, 0) is 49.7 Å². The maximum Gasteiger partial charge on any atom is 0.271 e. The topological polar surface area (TPSA) is 130 Å². The number of nitrogens with zero attached hydrogens (tertiary/aromatic N) is 3. The zero-order valence-corrected chi connectivity index (χ0v) is 27.4. The molecular weight excluding hydrogens is 651 g/mol. The minimum atomic E-state index is -4.43. The standard InChI is InChI=1S/C33H32Cl2N4O6S/c1-23(2)36-33(41)31(19-24-11-5-3-6-12-24)37(21-28-29(34)17-10-18-30(28)35)32(40)22-38(25-13-9-14-26(20-25)39(42)43)46(44,45)27-15-7-4-8-16-27/h3-18,20,23,31H,19,21-22H2,1-2H3,(H,36,41)/t31-/m1/s1. The summed E-state index contributed by atoms with van der Waals surface area (Å²) in [5.74, 6) is -1.23. The van der Waals surface area contributed by atoms with E-state index in [1.165, 1.54) is 47.4 Å². The van der Waals surface area contributed by atoms with E-state index >= 15 is 0 Å². The molecule has 4 aromatic rings. The Labute approximate surface area is 277 Å². The summed E-state index contributed by atoms with van der Waals surface area (Å²) in [6.45, 7) is 2.55. The number of benzene rings is 4. The van der Waals surface area contributed by atoms with Gasteiger partial charge in [-0.3, -0.25) is 24.0 Å². The third-order valence-corrected chi connectivity index (χ3v) is 9.53. The summed E-state index contributed by atoms with van der Waals surface area (Å²) >= 11 is 13.0. The van der Waals surface area contributed by atoms with Gasteiger partial charge in [0.1, 0.15) is 12.6 Å². The van der Waals surface area contributed by atoms with Crippen molar-refractivity contribution in [1.29, 1.82) is 0 Å². The Balaban J connectivity index is 1.86. The normalized spacial score (nSPS) is 11.9. The average Bonchev–Trinajstić information content (AvgIpc) is 3.03. The Hall–Kier alpha value is -4.45. The van der Waals surface area contributed by atoms with Gasteiger partial charge in [-0.25, -0.2) is 8.42 Å². The lowest BCUT2D eigenvalue weighted by molar-refractivity contribution is -0.384. The van der Waals surface area contributed by atoms with Gasteiger partial charge >= 0.3 is 0 Å². The molecule has 4 rings (SSSR count). The number of amides is 2. The highest BCUT2D eigenvalue weighted by Gasteiger charge is 2.35. The minimum absolute atomic E-state index is 0.0927. The second-order valence-electron chi connectivity index (χ2n) is 10.7. The van der Waals surface area contributed by atoms with E-state index < -0.39 is 39.3 Å². The van der Waals surface area contributed by atoms with Crippen LogP contribution in [0.3, 0.4) is 0 Å². The van der Waals surface area contributed by atoms with Crippen LogP contribution in [0.2, 0.25) is 10.0 Å². The third-order valence-electron chi connectivity index (χ3n) is 7.03. The number of non-ortho nitro benzene ring substituents is 1. The lowest BCUT2D eigenvalue weighted by Gasteiger charge is -2.34. The maximum atomic E-state index is 14.5. The highest BCUT2D eigenvalue weighted by molar-refractivity contribution is 7.92. The number of hydrogen-bond acceptors (Lipinski definition) is 6. The molecule has 0 bridgehead atoms. The summed E-state index contributed by atoms with van der Waals surface area (Å²) in [6, 6.07) is 24.9. The fraction of sp³-hybridized carbons (Fsp3) is 0.212. The highest BCUT2D eigenvalue weighted by atomic mass is 35.5. The van der Waals surface area contributed by atoms with E-state index in [2.05, 4.69) is 5.32 Å². The van der Waals surface area contributed by atoms with Gasteiger partial charge in [-0.2, -0.15) is 0 Å². The van der Waals surface area contributed by atoms with Crippen molar-refractivity contribution in [2.75, 3.05) is 10.8 Å². The molecule has 1 atom stereocenters. The number of halogens is 2. The van der Waals surface area contributed by atoms with Gasteiger partial charge in [0.2, 0.25) is 11.8 Å². The lowest BCUT2D eigenvalue weighted by atomic mass is 10.0. The number of sulfonamides is 1. The summed E-state index contributed by atoms with van der Waals surface area (Å²) in [6.07, 6.45) is 0.0927. The van der Waals surface area contributed by atoms with Crippen LogP contribution in [0.15, 0.2) is 108 Å². The quantitative estimate of drug-likeness (QED) is 0.131. The first-order chi connectivity index (χ1) is 21.9. The van der Waals surface area contributed by atoms with E-state index in [0.717, 1.165) is 15.9 Å². The number of nitro groups is 1. The number of anilines is 1. The van der Waals surface area contributed by atoms with Crippen molar-refractivity contribution in [3.8, 4) is 0 Å². The van der Waals surface area contributed by atoms with Gasteiger partial charge in [0.25, 0.3) is 15.7 Å². The molecule has 13 heteroatoms. The van der Waals surface area contributed by atoms with E-state index in [4.69, 9.17) is 23.2 Å². The largest absolute Gasteiger partial charge is 0.352 e. The summed E-state index contributed by atoms with van der Waals surface area (Å²) < 4.78 is 28.9. The van der Waals surface area contributed by atoms with Crippen LogP contribution in [0.4, 0.5) is 11.4 Å². The molecule has 0 heterocycles. The molecular formula is C33H32Cl2N4O6S. The van der Waals surface area contributed by atoms with Crippen LogP contribution >= 0.6 is 23.2 Å². The molecule has 240 valence electrons. The number of nitro benzene ring substituents is 1. The van der Waals surface area contributed by atoms with Gasteiger partial charge in [0.15, 0.2) is 0 Å². The lowest BCUT2D eigenvalue weighted by Crippen LogP contribution is -2.54. The Bertz CT molecular complexity index is 1790. The fourth-order valence-corrected chi connectivity index (χ4v) is 6.74. The Morgan fingerprint density at radius 2 is 1.46 bits per heavy atom. The number of nitrogens with one attached hydrogen (secondary N) is 1. The molecule has 2 amide bonds. The van der Waals surface area contributed by atoms with E-state index in [1.54, 1.807) is 50.2 Å². The molecule has 0 saturated carbocycles. The molecule has 0 aromatic heterocycles. The van der Waals surface area contributed by atoms with Gasteiger partial charge in [-0.1, -0.05) is 83.9 Å². The van der Waals surface area contributed by atoms with Crippen LogP contribution in [0.25, 0.3) is 0 Å². The number of carbonyl (C=O) groups excluding carboxylic acids is 2. The molecule has 46 heavy (non-hydrogen) atoms.